The van der Waals surface area contributed by atoms with Gasteiger partial charge in [0.25, 0.3) is 0 Å². The van der Waals surface area contributed by atoms with E-state index in [9.17, 15) is 0 Å². The Kier molecular flexibility index (Phi) is 13.0. The Morgan fingerprint density at radius 2 is 1.90 bits per heavy atom. The molecule has 2 aromatic rings. The lowest BCUT2D eigenvalue weighted by atomic mass is 10.2. The number of rotatable bonds is 12. The molecule has 1 aromatic heterocycles. The molecular formula is C22H37IN6O2. The fraction of sp³-hybridized carbons (Fsp3) is 0.545. The standard InChI is InChI=1S/C22H36N6O2.HI/c1-6-23-22(25-17-19-11-12-26-27(19)4)24-16-18-9-10-20(21(15-18)29-5)30-14-13-28(7-2)8-3;/h9-12,15H,6-8,13-14,16-17H2,1-5H3,(H2,23,24,25);1H. The van der Waals surface area contributed by atoms with Gasteiger partial charge in [0, 0.05) is 26.3 Å². The monoisotopic (exact) mass is 544 g/mol. The van der Waals surface area contributed by atoms with Crippen molar-refractivity contribution in [1.29, 1.82) is 0 Å². The molecule has 9 heteroatoms. The van der Waals surface area contributed by atoms with Gasteiger partial charge in [-0.1, -0.05) is 19.9 Å². The summed E-state index contributed by atoms with van der Waals surface area (Å²) in [6, 6.07) is 7.96. The molecular weight excluding hydrogens is 507 g/mol. The number of nitrogens with one attached hydrogen (secondary N) is 2. The van der Waals surface area contributed by atoms with Crippen LogP contribution in [0.15, 0.2) is 35.5 Å². The summed E-state index contributed by atoms with van der Waals surface area (Å²) in [7, 11) is 3.60. The highest BCUT2D eigenvalue weighted by molar-refractivity contribution is 14.0. The number of methoxy groups -OCH3 is 1. The fourth-order valence-electron chi connectivity index (χ4n) is 3.02. The summed E-state index contributed by atoms with van der Waals surface area (Å²) < 4.78 is 13.3. The van der Waals surface area contributed by atoms with Crippen molar-refractivity contribution in [2.45, 2.75) is 33.9 Å². The van der Waals surface area contributed by atoms with E-state index in [1.807, 2.05) is 36.0 Å². The van der Waals surface area contributed by atoms with E-state index in [0.717, 1.165) is 54.9 Å². The van der Waals surface area contributed by atoms with E-state index in [1.54, 1.807) is 13.3 Å². The Balaban J connectivity index is 0.00000480. The number of aromatic nitrogens is 2. The molecule has 2 rings (SSSR count). The van der Waals surface area contributed by atoms with Crippen molar-refractivity contribution in [2.75, 3.05) is 39.9 Å². The Hall–Kier alpha value is -2.01. The van der Waals surface area contributed by atoms with Crippen molar-refractivity contribution in [2.24, 2.45) is 12.0 Å². The summed E-state index contributed by atoms with van der Waals surface area (Å²) in [5.41, 5.74) is 2.15. The van der Waals surface area contributed by atoms with Crippen LogP contribution in [0.2, 0.25) is 0 Å². The van der Waals surface area contributed by atoms with Crippen LogP contribution in [0.1, 0.15) is 32.0 Å². The summed E-state index contributed by atoms with van der Waals surface area (Å²) >= 11 is 0. The van der Waals surface area contributed by atoms with Crippen LogP contribution in [0.3, 0.4) is 0 Å². The number of benzene rings is 1. The van der Waals surface area contributed by atoms with Gasteiger partial charge >= 0.3 is 0 Å². The largest absolute Gasteiger partial charge is 0.493 e. The third-order valence-corrected chi connectivity index (χ3v) is 4.91. The molecule has 0 aliphatic carbocycles. The molecule has 0 unspecified atom stereocenters. The molecule has 0 atom stereocenters. The molecule has 31 heavy (non-hydrogen) atoms. The molecule has 174 valence electrons. The van der Waals surface area contributed by atoms with Crippen LogP contribution in [0, 0.1) is 0 Å². The maximum Gasteiger partial charge on any atom is 0.191 e. The molecule has 0 bridgehead atoms. The summed E-state index contributed by atoms with van der Waals surface area (Å²) in [5, 5.41) is 10.8. The number of hydrogen-bond acceptors (Lipinski definition) is 5. The first-order valence-electron chi connectivity index (χ1n) is 10.6. The van der Waals surface area contributed by atoms with Crippen molar-refractivity contribution < 1.29 is 9.47 Å². The minimum Gasteiger partial charge on any atom is -0.493 e. The second kappa shape index (κ2) is 14.9. The van der Waals surface area contributed by atoms with E-state index in [-0.39, 0.29) is 24.0 Å². The van der Waals surface area contributed by atoms with E-state index in [4.69, 9.17) is 9.47 Å². The molecule has 0 fully saturated rings. The second-order valence-electron chi connectivity index (χ2n) is 6.86. The van der Waals surface area contributed by atoms with Gasteiger partial charge in [-0.3, -0.25) is 4.68 Å². The summed E-state index contributed by atoms with van der Waals surface area (Å²) in [4.78, 5) is 7.02. The zero-order valence-electron chi connectivity index (χ0n) is 19.4. The highest BCUT2D eigenvalue weighted by Gasteiger charge is 2.08. The van der Waals surface area contributed by atoms with Crippen molar-refractivity contribution in [3.05, 3.63) is 41.7 Å². The summed E-state index contributed by atoms with van der Waals surface area (Å²) in [6.45, 7) is 11.9. The number of guanidine groups is 1. The minimum atomic E-state index is 0. The maximum atomic E-state index is 5.94. The van der Waals surface area contributed by atoms with Gasteiger partial charge in [0.05, 0.1) is 25.9 Å². The molecule has 1 heterocycles. The number of aliphatic imine (C=N–C) groups is 1. The van der Waals surface area contributed by atoms with Crippen LogP contribution >= 0.6 is 24.0 Å². The predicted octanol–water partition coefficient (Wildman–Crippen LogP) is 3.02. The highest BCUT2D eigenvalue weighted by atomic mass is 127. The van der Waals surface area contributed by atoms with Crippen LogP contribution in [-0.2, 0) is 20.1 Å². The lowest BCUT2D eigenvalue weighted by molar-refractivity contribution is 0.217. The molecule has 0 saturated carbocycles. The van der Waals surface area contributed by atoms with E-state index in [2.05, 4.69) is 46.4 Å². The highest BCUT2D eigenvalue weighted by Crippen LogP contribution is 2.28. The Morgan fingerprint density at radius 1 is 1.13 bits per heavy atom. The second-order valence-corrected chi connectivity index (χ2v) is 6.86. The van der Waals surface area contributed by atoms with E-state index >= 15 is 0 Å². The van der Waals surface area contributed by atoms with Crippen LogP contribution < -0.4 is 20.1 Å². The summed E-state index contributed by atoms with van der Waals surface area (Å²) in [6.07, 6.45) is 1.79. The van der Waals surface area contributed by atoms with Crippen LogP contribution in [0.4, 0.5) is 0 Å². The van der Waals surface area contributed by atoms with Crippen molar-refractivity contribution in [3.63, 3.8) is 0 Å². The van der Waals surface area contributed by atoms with E-state index < -0.39 is 0 Å². The van der Waals surface area contributed by atoms with Crippen LogP contribution in [-0.4, -0.2) is 60.5 Å². The van der Waals surface area contributed by atoms with Gasteiger partial charge in [-0.15, -0.1) is 24.0 Å². The van der Waals surface area contributed by atoms with Crippen molar-refractivity contribution >= 4 is 29.9 Å². The van der Waals surface area contributed by atoms with Gasteiger partial charge in [0.2, 0.25) is 0 Å². The third kappa shape index (κ3) is 8.94. The molecule has 8 nitrogen and oxygen atoms in total. The first-order chi connectivity index (χ1) is 14.6. The van der Waals surface area contributed by atoms with Gasteiger partial charge in [0.15, 0.2) is 17.5 Å². The molecule has 0 amide bonds. The molecule has 2 N–H and O–H groups in total. The van der Waals surface area contributed by atoms with Gasteiger partial charge in [-0.2, -0.15) is 5.10 Å². The van der Waals surface area contributed by atoms with Crippen molar-refractivity contribution in [3.8, 4) is 11.5 Å². The SMILES string of the molecule is CCNC(=NCc1ccc(OCCN(CC)CC)c(OC)c1)NCc1ccnn1C.I. The third-order valence-electron chi connectivity index (χ3n) is 4.91. The topological polar surface area (TPSA) is 75.9 Å². The predicted molar refractivity (Wildman–Crippen MR) is 137 cm³/mol. The Bertz CT molecular complexity index is 792. The zero-order chi connectivity index (χ0) is 21.8. The number of halogens is 1. The minimum absolute atomic E-state index is 0. The molecule has 0 aliphatic heterocycles. The van der Waals surface area contributed by atoms with Gasteiger partial charge in [-0.25, -0.2) is 4.99 Å². The number of aryl methyl sites for hydroxylation is 1. The molecule has 0 spiro atoms. The van der Waals surface area contributed by atoms with Crippen molar-refractivity contribution in [1.82, 2.24) is 25.3 Å². The lowest BCUT2D eigenvalue weighted by Gasteiger charge is -2.19. The molecule has 0 saturated heterocycles. The van der Waals surface area contributed by atoms with Gasteiger partial charge in [-0.05, 0) is 43.8 Å². The first kappa shape index (κ1) is 27.0. The number of ether oxygens (including phenoxy) is 2. The number of hydrogen-bond donors (Lipinski definition) is 2. The lowest BCUT2D eigenvalue weighted by Crippen LogP contribution is -2.37. The van der Waals surface area contributed by atoms with E-state index in [1.165, 1.54) is 0 Å². The zero-order valence-corrected chi connectivity index (χ0v) is 21.7. The van der Waals surface area contributed by atoms with Crippen LogP contribution in [0.5, 0.6) is 11.5 Å². The quantitative estimate of drug-likeness (QED) is 0.243. The average Bonchev–Trinajstić information content (AvgIpc) is 3.18. The maximum absolute atomic E-state index is 5.94. The fourth-order valence-corrected chi connectivity index (χ4v) is 3.02. The van der Waals surface area contributed by atoms with Gasteiger partial charge in [0.1, 0.15) is 6.61 Å². The average molecular weight is 544 g/mol. The Labute approximate surface area is 203 Å². The Morgan fingerprint density at radius 3 is 2.52 bits per heavy atom. The van der Waals surface area contributed by atoms with Crippen LogP contribution in [0.25, 0.3) is 0 Å². The van der Waals surface area contributed by atoms with E-state index in [0.29, 0.717) is 19.7 Å². The molecule has 0 aliphatic rings. The summed E-state index contributed by atoms with van der Waals surface area (Å²) in [5.74, 6) is 2.26. The smallest absolute Gasteiger partial charge is 0.191 e. The normalized spacial score (nSPS) is 11.2. The molecule has 0 radical (unpaired) electrons. The first-order valence-corrected chi connectivity index (χ1v) is 10.6. The number of likely N-dealkylation sites (N-methyl/N-ethyl adjacent to an activating group) is 1. The molecule has 1 aromatic carbocycles. The number of nitrogens with zero attached hydrogens (tertiary/aromatic N) is 4. The van der Waals surface area contributed by atoms with Gasteiger partial charge < -0.3 is 25.0 Å².